The second kappa shape index (κ2) is 8.51. The van der Waals surface area contributed by atoms with E-state index in [9.17, 15) is 9.90 Å². The molecule has 0 radical (unpaired) electrons. The quantitative estimate of drug-likeness (QED) is 0.604. The van der Waals surface area contributed by atoms with Gasteiger partial charge in [-0.25, -0.2) is 9.97 Å². The van der Waals surface area contributed by atoms with Crippen LogP contribution >= 0.6 is 0 Å². The van der Waals surface area contributed by atoms with Gasteiger partial charge in [-0.05, 0) is 49.9 Å². The second-order valence-electron chi connectivity index (χ2n) is 8.35. The van der Waals surface area contributed by atoms with Crippen molar-refractivity contribution in [2.75, 3.05) is 25.0 Å². The van der Waals surface area contributed by atoms with Crippen LogP contribution in [0.3, 0.4) is 0 Å². The van der Waals surface area contributed by atoms with Gasteiger partial charge in [0.15, 0.2) is 5.82 Å². The fraction of sp³-hybridized carbons (Fsp3) is 0.375. The van der Waals surface area contributed by atoms with E-state index < -0.39 is 0 Å². The molecule has 1 unspecified atom stereocenters. The number of hydrogen-bond acceptors (Lipinski definition) is 6. The first kappa shape index (κ1) is 19.8. The zero-order valence-corrected chi connectivity index (χ0v) is 17.4. The third-order valence-electron chi connectivity index (χ3n) is 6.19. The van der Waals surface area contributed by atoms with Crippen molar-refractivity contribution >= 4 is 22.6 Å². The summed E-state index contributed by atoms with van der Waals surface area (Å²) < 4.78 is 0. The molecule has 0 saturated carbocycles. The average molecular weight is 418 g/mol. The number of rotatable bonds is 4. The van der Waals surface area contributed by atoms with E-state index in [-0.39, 0.29) is 23.7 Å². The Bertz CT molecular complexity index is 1100. The highest BCUT2D eigenvalue weighted by Gasteiger charge is 2.33. The molecule has 2 aliphatic rings. The molecule has 2 saturated heterocycles. The Hall–Kier alpha value is -3.19. The molecule has 0 spiro atoms. The van der Waals surface area contributed by atoms with Crippen LogP contribution in [0.15, 0.2) is 48.5 Å². The molecule has 5 rings (SSSR count). The molecule has 3 N–H and O–H groups in total. The number of para-hydroxylation sites is 2. The lowest BCUT2D eigenvalue weighted by Crippen LogP contribution is -2.45. The number of amides is 1. The van der Waals surface area contributed by atoms with Crippen molar-refractivity contribution in [2.45, 2.75) is 37.8 Å². The van der Waals surface area contributed by atoms with Crippen molar-refractivity contribution in [3.63, 3.8) is 0 Å². The predicted molar refractivity (Wildman–Crippen MR) is 121 cm³/mol. The van der Waals surface area contributed by atoms with E-state index >= 15 is 0 Å². The number of nitrogens with zero attached hydrogens (tertiary/aromatic N) is 3. The number of aromatic hydroxyl groups is 1. The molecule has 31 heavy (non-hydrogen) atoms. The minimum atomic E-state index is -0.152. The highest BCUT2D eigenvalue weighted by Crippen LogP contribution is 2.30. The summed E-state index contributed by atoms with van der Waals surface area (Å²) in [7, 11) is 0. The summed E-state index contributed by atoms with van der Waals surface area (Å²) in [6.45, 7) is 2.44. The minimum absolute atomic E-state index is 0.0919. The molecule has 1 aromatic heterocycles. The van der Waals surface area contributed by atoms with Gasteiger partial charge in [-0.1, -0.05) is 24.3 Å². The Balaban J connectivity index is 1.39. The molecule has 0 aliphatic carbocycles. The summed E-state index contributed by atoms with van der Waals surface area (Å²) in [5.74, 6) is 1.57. The van der Waals surface area contributed by atoms with Gasteiger partial charge in [0.25, 0.3) is 0 Å². The number of nitrogens with one attached hydrogen (secondary N) is 2. The molecule has 2 fully saturated rings. The molecule has 7 heteroatoms. The first-order chi connectivity index (χ1) is 15.2. The second-order valence-corrected chi connectivity index (χ2v) is 8.35. The number of anilines is 1. The Morgan fingerprint density at radius 2 is 1.81 bits per heavy atom. The molecule has 3 heterocycles. The fourth-order valence-electron chi connectivity index (χ4n) is 4.53. The number of phenols is 1. The summed E-state index contributed by atoms with van der Waals surface area (Å²) in [4.78, 5) is 24.3. The van der Waals surface area contributed by atoms with E-state index in [1.807, 2.05) is 41.3 Å². The number of likely N-dealkylation sites (tertiary alicyclic amines) is 1. The van der Waals surface area contributed by atoms with Crippen LogP contribution in [-0.4, -0.2) is 57.6 Å². The van der Waals surface area contributed by atoms with E-state index in [1.54, 1.807) is 12.1 Å². The highest BCUT2D eigenvalue weighted by molar-refractivity contribution is 5.91. The van der Waals surface area contributed by atoms with E-state index in [0.717, 1.165) is 49.1 Å². The Morgan fingerprint density at radius 1 is 1.03 bits per heavy atom. The number of benzene rings is 2. The van der Waals surface area contributed by atoms with Crippen LogP contribution in [-0.2, 0) is 4.79 Å². The molecular formula is C24H27N5O2. The maximum Gasteiger partial charge on any atom is 0.239 e. The lowest BCUT2D eigenvalue weighted by molar-refractivity contribution is -0.133. The smallest absolute Gasteiger partial charge is 0.239 e. The van der Waals surface area contributed by atoms with Crippen molar-refractivity contribution in [1.82, 2.24) is 20.2 Å². The van der Waals surface area contributed by atoms with Gasteiger partial charge >= 0.3 is 0 Å². The lowest BCUT2D eigenvalue weighted by Gasteiger charge is -2.29. The van der Waals surface area contributed by atoms with Crippen molar-refractivity contribution in [2.24, 2.45) is 0 Å². The first-order valence-corrected chi connectivity index (χ1v) is 11.0. The van der Waals surface area contributed by atoms with Crippen LogP contribution in [0.1, 0.15) is 25.7 Å². The van der Waals surface area contributed by atoms with Gasteiger partial charge in [0.05, 0.1) is 17.1 Å². The monoisotopic (exact) mass is 417 g/mol. The highest BCUT2D eigenvalue weighted by atomic mass is 16.3. The van der Waals surface area contributed by atoms with Crippen molar-refractivity contribution in [3.05, 3.63) is 48.5 Å². The zero-order chi connectivity index (χ0) is 21.2. The van der Waals surface area contributed by atoms with Gasteiger partial charge in [-0.3, -0.25) is 4.79 Å². The Kier molecular flexibility index (Phi) is 5.42. The SMILES string of the molecule is O=C([C@H]1CC(Nc2nc(-c3ccccc3O)nc3ccccc23)CN1)N1CCCCC1. The van der Waals surface area contributed by atoms with Gasteiger partial charge in [0.2, 0.25) is 5.91 Å². The van der Waals surface area contributed by atoms with Gasteiger partial charge in [0.1, 0.15) is 11.6 Å². The maximum absolute atomic E-state index is 12.9. The van der Waals surface area contributed by atoms with E-state index in [1.165, 1.54) is 6.42 Å². The molecular weight excluding hydrogens is 390 g/mol. The normalized spacial score (nSPS) is 21.4. The van der Waals surface area contributed by atoms with Gasteiger partial charge < -0.3 is 20.6 Å². The van der Waals surface area contributed by atoms with Gasteiger partial charge in [0, 0.05) is 31.1 Å². The molecule has 3 aromatic rings. The van der Waals surface area contributed by atoms with E-state index in [2.05, 4.69) is 15.6 Å². The van der Waals surface area contributed by atoms with E-state index in [0.29, 0.717) is 17.9 Å². The lowest BCUT2D eigenvalue weighted by atomic mass is 10.1. The van der Waals surface area contributed by atoms with Crippen LogP contribution in [0.5, 0.6) is 5.75 Å². The van der Waals surface area contributed by atoms with Crippen molar-refractivity contribution in [1.29, 1.82) is 0 Å². The van der Waals surface area contributed by atoms with Gasteiger partial charge in [-0.2, -0.15) is 0 Å². The zero-order valence-electron chi connectivity index (χ0n) is 17.4. The van der Waals surface area contributed by atoms with Crippen LogP contribution in [0.2, 0.25) is 0 Å². The largest absolute Gasteiger partial charge is 0.507 e. The minimum Gasteiger partial charge on any atom is -0.507 e. The number of fused-ring (bicyclic) bond motifs is 1. The molecule has 2 aliphatic heterocycles. The standard InChI is InChI=1S/C24H27N5O2/c30-21-11-5-3-9-18(21)23-27-19-10-4-2-8-17(19)22(28-23)26-16-14-20(25-15-16)24(31)29-12-6-1-7-13-29/h2-5,8-11,16,20,25,30H,1,6-7,12-15H2,(H,26,27,28)/t16?,20-/m1/s1. The maximum atomic E-state index is 12.9. The average Bonchev–Trinajstić information content (AvgIpc) is 3.28. The summed E-state index contributed by atoms with van der Waals surface area (Å²) in [5.41, 5.74) is 1.41. The number of piperidine rings is 1. The van der Waals surface area contributed by atoms with Crippen LogP contribution in [0.25, 0.3) is 22.3 Å². The third-order valence-corrected chi connectivity index (χ3v) is 6.19. The summed E-state index contributed by atoms with van der Waals surface area (Å²) in [5, 5.41) is 18.1. The Labute approximate surface area is 181 Å². The summed E-state index contributed by atoms with van der Waals surface area (Å²) in [6.07, 6.45) is 4.13. The molecule has 2 atom stereocenters. The van der Waals surface area contributed by atoms with Crippen molar-refractivity contribution in [3.8, 4) is 17.1 Å². The molecule has 1 amide bonds. The predicted octanol–water partition coefficient (Wildman–Crippen LogP) is 3.16. The van der Waals surface area contributed by atoms with E-state index in [4.69, 9.17) is 4.98 Å². The number of carbonyl (C=O) groups excluding carboxylic acids is 1. The van der Waals surface area contributed by atoms with Crippen LogP contribution < -0.4 is 10.6 Å². The number of hydrogen-bond donors (Lipinski definition) is 3. The molecule has 160 valence electrons. The van der Waals surface area contributed by atoms with Crippen LogP contribution in [0, 0.1) is 0 Å². The van der Waals surface area contributed by atoms with Crippen molar-refractivity contribution < 1.29 is 9.90 Å². The molecule has 0 bridgehead atoms. The number of phenolic OH excluding ortho intramolecular Hbond substituents is 1. The summed E-state index contributed by atoms with van der Waals surface area (Å²) >= 11 is 0. The third kappa shape index (κ3) is 4.05. The number of aromatic nitrogens is 2. The molecule has 7 nitrogen and oxygen atoms in total. The molecule has 2 aromatic carbocycles. The Morgan fingerprint density at radius 3 is 2.65 bits per heavy atom. The topological polar surface area (TPSA) is 90.4 Å². The fourth-order valence-corrected chi connectivity index (χ4v) is 4.53. The number of carbonyl (C=O) groups is 1. The summed E-state index contributed by atoms with van der Waals surface area (Å²) in [6, 6.07) is 14.9. The van der Waals surface area contributed by atoms with Gasteiger partial charge in [-0.15, -0.1) is 0 Å². The van der Waals surface area contributed by atoms with Crippen LogP contribution in [0.4, 0.5) is 5.82 Å². The first-order valence-electron chi connectivity index (χ1n) is 11.0.